The maximum atomic E-state index is 9.89. The van der Waals surface area contributed by atoms with Crippen LogP contribution in [0.3, 0.4) is 0 Å². The number of aromatic hydroxyl groups is 1. The maximum Gasteiger partial charge on any atom is 0.186 e. The van der Waals surface area contributed by atoms with Gasteiger partial charge in [-0.25, -0.2) is 0 Å². The van der Waals surface area contributed by atoms with Crippen LogP contribution in [0.1, 0.15) is 115 Å². The van der Waals surface area contributed by atoms with Crippen LogP contribution in [0.5, 0.6) is 11.5 Å². The third-order valence-corrected chi connectivity index (χ3v) is 7.02. The lowest BCUT2D eigenvalue weighted by atomic mass is 10.0. The lowest BCUT2D eigenvalue weighted by Gasteiger charge is -2.08. The van der Waals surface area contributed by atoms with Gasteiger partial charge in [0.25, 0.3) is 0 Å². The number of nitrogens with one attached hydrogen (secondary N) is 2. The number of nitrogens with zero attached hydrogens (tertiary/aromatic N) is 1. The van der Waals surface area contributed by atoms with Gasteiger partial charge in [0.05, 0.1) is 16.9 Å². The molecule has 0 bridgehead atoms. The molecule has 0 aliphatic rings. The summed E-state index contributed by atoms with van der Waals surface area (Å²) >= 11 is 7.33. The minimum Gasteiger partial charge on any atom is -0.504 e. The first-order chi connectivity index (χ1) is 16.6. The Hall–Kier alpha value is -1.09. The van der Waals surface area contributed by atoms with E-state index in [-0.39, 0.29) is 5.75 Å². The molecular weight excluding hydrogens is 557 g/mol. The number of hydrogen-bond donors (Lipinski definition) is 3. The van der Waals surface area contributed by atoms with E-state index in [2.05, 4.69) is 45.4 Å². The van der Waals surface area contributed by atoms with Crippen molar-refractivity contribution in [1.82, 2.24) is 10.7 Å². The largest absolute Gasteiger partial charge is 0.504 e. The Bertz CT molecular complexity index is 701. The molecule has 3 N–H and O–H groups in total. The molecule has 5 nitrogen and oxygen atoms in total. The van der Waals surface area contributed by atoms with Gasteiger partial charge in [0.1, 0.15) is 0 Å². The van der Waals surface area contributed by atoms with Gasteiger partial charge in [-0.05, 0) is 58.9 Å². The van der Waals surface area contributed by atoms with Crippen molar-refractivity contribution < 1.29 is 9.84 Å². The Kier molecular flexibility index (Phi) is 19.3. The lowest BCUT2D eigenvalue weighted by Crippen LogP contribution is -2.32. The van der Waals surface area contributed by atoms with Crippen molar-refractivity contribution in [2.24, 2.45) is 5.10 Å². The number of unbranched alkanes of at least 4 members (excludes halogenated alkanes) is 15. The van der Waals surface area contributed by atoms with Crippen LogP contribution in [0, 0.1) is 3.57 Å². The van der Waals surface area contributed by atoms with E-state index in [1.54, 1.807) is 12.3 Å². The summed E-state index contributed by atoms with van der Waals surface area (Å²) in [6.45, 7) is 3.15. The molecule has 0 amide bonds. The van der Waals surface area contributed by atoms with Crippen LogP contribution in [-0.4, -0.2) is 30.1 Å². The Morgan fingerprint density at radius 1 is 0.912 bits per heavy atom. The number of halogens is 1. The van der Waals surface area contributed by atoms with Gasteiger partial charge in [0.15, 0.2) is 16.6 Å². The monoisotopic (exact) mass is 603 g/mol. The summed E-state index contributed by atoms with van der Waals surface area (Å²) in [6, 6.07) is 3.56. The zero-order chi connectivity index (χ0) is 24.9. The van der Waals surface area contributed by atoms with Crippen LogP contribution in [0.25, 0.3) is 0 Å². The fraction of sp³-hybridized carbons (Fsp3) is 0.704. The minimum atomic E-state index is 0.143. The molecule has 0 aliphatic carbocycles. The molecular formula is C27H46IN3O2S. The van der Waals surface area contributed by atoms with Gasteiger partial charge in [-0.3, -0.25) is 5.43 Å². The molecule has 0 aliphatic heterocycles. The maximum absolute atomic E-state index is 9.89. The Balaban J connectivity index is 1.92. The van der Waals surface area contributed by atoms with Gasteiger partial charge >= 0.3 is 0 Å². The van der Waals surface area contributed by atoms with Crippen molar-refractivity contribution in [1.29, 1.82) is 0 Å². The third-order valence-electron chi connectivity index (χ3n) is 5.97. The highest BCUT2D eigenvalue weighted by Gasteiger charge is 2.07. The molecule has 1 aromatic carbocycles. The lowest BCUT2D eigenvalue weighted by molar-refractivity contribution is 0.371. The number of phenolic OH excluding ortho intramolecular Hbond substituents is 1. The number of benzene rings is 1. The van der Waals surface area contributed by atoms with Crippen LogP contribution in [0.4, 0.5) is 0 Å². The Morgan fingerprint density at radius 3 is 1.91 bits per heavy atom. The normalized spacial score (nSPS) is 11.1. The zero-order valence-corrected chi connectivity index (χ0v) is 24.3. The van der Waals surface area contributed by atoms with Crippen molar-refractivity contribution >= 4 is 46.1 Å². The Morgan fingerprint density at radius 2 is 1.41 bits per heavy atom. The van der Waals surface area contributed by atoms with E-state index in [4.69, 9.17) is 17.0 Å². The van der Waals surface area contributed by atoms with Gasteiger partial charge in [-0.15, -0.1) is 0 Å². The number of methoxy groups -OCH3 is 1. The van der Waals surface area contributed by atoms with Gasteiger partial charge in [-0.1, -0.05) is 103 Å². The molecule has 0 unspecified atom stereocenters. The molecule has 1 aromatic rings. The van der Waals surface area contributed by atoms with Crippen LogP contribution in [-0.2, 0) is 0 Å². The predicted molar refractivity (Wildman–Crippen MR) is 158 cm³/mol. The summed E-state index contributed by atoms with van der Waals surface area (Å²) < 4.78 is 5.87. The van der Waals surface area contributed by atoms with Crippen LogP contribution in [0.15, 0.2) is 17.2 Å². The molecule has 0 spiro atoms. The average molecular weight is 604 g/mol. The third kappa shape index (κ3) is 15.7. The molecule has 0 atom stereocenters. The van der Waals surface area contributed by atoms with Gasteiger partial charge in [0.2, 0.25) is 0 Å². The van der Waals surface area contributed by atoms with Crippen molar-refractivity contribution in [2.75, 3.05) is 13.7 Å². The highest BCUT2D eigenvalue weighted by Crippen LogP contribution is 2.31. The molecule has 0 fully saturated rings. The summed E-state index contributed by atoms with van der Waals surface area (Å²) in [5.41, 5.74) is 3.67. The number of phenols is 1. The first-order valence-electron chi connectivity index (χ1n) is 13.2. The zero-order valence-electron chi connectivity index (χ0n) is 21.3. The van der Waals surface area contributed by atoms with E-state index in [1.807, 2.05) is 6.07 Å². The number of hydrogen-bond acceptors (Lipinski definition) is 4. The van der Waals surface area contributed by atoms with Crippen LogP contribution >= 0.6 is 34.8 Å². The SMILES string of the molecule is CCCCCCCCCCCCCCCCCCNC(=S)N/N=C/c1cc(I)c(O)c(OC)c1. The summed E-state index contributed by atoms with van der Waals surface area (Å²) in [4.78, 5) is 0. The standard InChI is InChI=1S/C27H46IN3O2S/c1-3-4-5-6-7-8-9-10-11-12-13-14-15-16-17-18-19-29-27(34)31-30-22-23-20-24(28)26(32)25(21-23)33-2/h20-22,32H,3-19H2,1-2H3,(H2,29,31,34)/b30-22+. The fourth-order valence-electron chi connectivity index (χ4n) is 3.90. The van der Waals surface area contributed by atoms with E-state index < -0.39 is 0 Å². The molecule has 1 rings (SSSR count). The van der Waals surface area contributed by atoms with Crippen molar-refractivity contribution in [3.8, 4) is 11.5 Å². The van der Waals surface area contributed by atoms with E-state index in [0.717, 1.165) is 18.5 Å². The molecule has 0 aromatic heterocycles. The van der Waals surface area contributed by atoms with Crippen LogP contribution < -0.4 is 15.5 Å². The highest BCUT2D eigenvalue weighted by atomic mass is 127. The van der Waals surface area contributed by atoms with Crippen molar-refractivity contribution in [2.45, 2.75) is 110 Å². The molecule has 0 heterocycles. The summed E-state index contributed by atoms with van der Waals surface area (Å²) in [5, 5.41) is 17.8. The van der Waals surface area contributed by atoms with E-state index in [0.29, 0.717) is 14.4 Å². The molecule has 0 radical (unpaired) electrons. The van der Waals surface area contributed by atoms with Gasteiger partial charge in [-0.2, -0.15) is 5.10 Å². The van der Waals surface area contributed by atoms with Gasteiger partial charge < -0.3 is 15.2 Å². The van der Waals surface area contributed by atoms with E-state index >= 15 is 0 Å². The topological polar surface area (TPSA) is 65.9 Å². The average Bonchev–Trinajstić information content (AvgIpc) is 2.83. The summed E-state index contributed by atoms with van der Waals surface area (Å²) in [5.74, 6) is 0.571. The molecule has 7 heteroatoms. The summed E-state index contributed by atoms with van der Waals surface area (Å²) in [7, 11) is 1.53. The van der Waals surface area contributed by atoms with E-state index in [9.17, 15) is 5.11 Å². The van der Waals surface area contributed by atoms with E-state index in [1.165, 1.54) is 103 Å². The quantitative estimate of drug-likeness (QED) is 0.0463. The number of thiocarbonyl (C=S) groups is 1. The molecule has 34 heavy (non-hydrogen) atoms. The second kappa shape index (κ2) is 21.2. The minimum absolute atomic E-state index is 0.143. The molecule has 194 valence electrons. The number of hydrazone groups is 1. The second-order valence-electron chi connectivity index (χ2n) is 8.98. The van der Waals surface area contributed by atoms with Crippen molar-refractivity contribution in [3.63, 3.8) is 0 Å². The smallest absolute Gasteiger partial charge is 0.186 e. The fourth-order valence-corrected chi connectivity index (χ4v) is 4.68. The van der Waals surface area contributed by atoms with Crippen molar-refractivity contribution in [3.05, 3.63) is 21.3 Å². The summed E-state index contributed by atoms with van der Waals surface area (Å²) in [6.07, 6.45) is 23.7. The molecule has 0 saturated carbocycles. The van der Waals surface area contributed by atoms with Gasteiger partial charge in [0, 0.05) is 6.54 Å². The first-order valence-corrected chi connectivity index (χ1v) is 14.7. The first kappa shape index (κ1) is 30.9. The predicted octanol–water partition coefficient (Wildman–Crippen LogP) is 8.06. The Labute approximate surface area is 227 Å². The number of ether oxygens (including phenoxy) is 1. The number of rotatable bonds is 20. The second-order valence-corrected chi connectivity index (χ2v) is 10.6. The molecule has 0 saturated heterocycles. The highest BCUT2D eigenvalue weighted by molar-refractivity contribution is 14.1. The van der Waals surface area contributed by atoms with Crippen LogP contribution in [0.2, 0.25) is 0 Å².